The predicted molar refractivity (Wildman–Crippen MR) is 118 cm³/mol. The van der Waals surface area contributed by atoms with Gasteiger partial charge in [0.05, 0.1) is 11.4 Å². The van der Waals surface area contributed by atoms with Crippen LogP contribution in [-0.4, -0.2) is 17.8 Å². The van der Waals surface area contributed by atoms with Crippen LogP contribution in [-0.2, 0) is 0 Å². The van der Waals surface area contributed by atoms with Crippen molar-refractivity contribution in [3.8, 4) is 0 Å². The number of guanidine groups is 1. The summed E-state index contributed by atoms with van der Waals surface area (Å²) in [5.41, 5.74) is 10.1. The molecule has 4 aromatic rings. The monoisotopic (exact) mass is 393 g/mol. The lowest BCUT2D eigenvalue weighted by molar-refractivity contribution is 0.102. The van der Waals surface area contributed by atoms with Crippen molar-refractivity contribution in [3.63, 3.8) is 0 Å². The Bertz CT molecular complexity index is 1370. The van der Waals surface area contributed by atoms with Crippen LogP contribution in [0.2, 0.25) is 0 Å². The van der Waals surface area contributed by atoms with Crippen molar-refractivity contribution < 1.29 is 9.59 Å². The Labute approximate surface area is 170 Å². The highest BCUT2D eigenvalue weighted by Gasteiger charge is 2.28. The van der Waals surface area contributed by atoms with Crippen molar-refractivity contribution in [2.24, 2.45) is 5.73 Å². The Morgan fingerprint density at radius 1 is 0.733 bits per heavy atom. The lowest BCUT2D eigenvalue weighted by Crippen LogP contribution is -2.32. The largest absolute Gasteiger partial charge is 0.369 e. The summed E-state index contributed by atoms with van der Waals surface area (Å²) in [6.45, 7) is 0. The fourth-order valence-corrected chi connectivity index (χ4v) is 4.53. The highest BCUT2D eigenvalue weighted by molar-refractivity contribution is 6.29. The van der Waals surface area contributed by atoms with Gasteiger partial charge in [-0.2, -0.15) is 0 Å². The molecule has 0 aromatic heterocycles. The number of hydrogen-bond donors (Lipinski definition) is 4. The van der Waals surface area contributed by atoms with E-state index in [-0.39, 0.29) is 17.8 Å². The second-order valence-electron chi connectivity index (χ2n) is 7.35. The Morgan fingerprint density at radius 3 is 1.63 bits per heavy atom. The number of rotatable bonds is 2. The molecule has 0 saturated heterocycles. The van der Waals surface area contributed by atoms with Gasteiger partial charge in [0.15, 0.2) is 5.96 Å². The molecule has 0 unspecified atom stereocenters. The molecule has 2 aliphatic heterocycles. The maximum Gasteiger partial charge on any atom is 0.256 e. The fraction of sp³-hybridized carbons (Fsp3) is 0. The van der Waals surface area contributed by atoms with E-state index in [1.54, 1.807) is 17.0 Å². The Morgan fingerprint density at radius 2 is 1.20 bits per heavy atom. The lowest BCUT2D eigenvalue weighted by atomic mass is 10.0. The first-order chi connectivity index (χ1) is 14.5. The number of carbonyl (C=O) groups is 2. The van der Waals surface area contributed by atoms with E-state index >= 15 is 0 Å². The average Bonchev–Trinajstić information content (AvgIpc) is 3.24. The van der Waals surface area contributed by atoms with Crippen LogP contribution in [0.4, 0.5) is 22.7 Å². The van der Waals surface area contributed by atoms with Gasteiger partial charge < -0.3 is 16.4 Å². The number of carbonyl (C=O) groups excluding carboxylic acids is 2. The summed E-state index contributed by atoms with van der Waals surface area (Å²) >= 11 is 0. The maximum absolute atomic E-state index is 12.3. The Balaban J connectivity index is 1.67. The van der Waals surface area contributed by atoms with E-state index in [2.05, 4.69) is 10.6 Å². The van der Waals surface area contributed by atoms with E-state index in [0.29, 0.717) is 22.5 Å². The van der Waals surface area contributed by atoms with Crippen molar-refractivity contribution in [1.82, 2.24) is 0 Å². The SMILES string of the molecule is N=C(N)N(c1ccc2c3c(cccc13)C(=O)N2)c1ccc2c3c(cccc13)C(=O)N2. The molecule has 2 heterocycles. The fourth-order valence-electron chi connectivity index (χ4n) is 4.53. The Hall–Kier alpha value is -4.39. The summed E-state index contributed by atoms with van der Waals surface area (Å²) in [4.78, 5) is 26.2. The van der Waals surface area contributed by atoms with Gasteiger partial charge >= 0.3 is 0 Å². The molecule has 30 heavy (non-hydrogen) atoms. The van der Waals surface area contributed by atoms with Crippen LogP contribution in [0.5, 0.6) is 0 Å². The minimum absolute atomic E-state index is 0.142. The third-order valence-electron chi connectivity index (χ3n) is 5.74. The number of nitrogens with one attached hydrogen (secondary N) is 3. The number of nitrogens with zero attached hydrogens (tertiary/aromatic N) is 1. The van der Waals surface area contributed by atoms with Crippen molar-refractivity contribution in [2.45, 2.75) is 0 Å². The minimum atomic E-state index is -0.161. The second-order valence-corrected chi connectivity index (χ2v) is 7.35. The summed E-state index contributed by atoms with van der Waals surface area (Å²) in [6, 6.07) is 18.4. The van der Waals surface area contributed by atoms with Crippen molar-refractivity contribution in [1.29, 1.82) is 5.41 Å². The molecule has 144 valence electrons. The number of nitrogens with two attached hydrogens (primary N) is 1. The van der Waals surface area contributed by atoms with Crippen LogP contribution in [0.1, 0.15) is 20.7 Å². The molecule has 7 heteroatoms. The molecule has 0 fully saturated rings. The molecule has 2 amide bonds. The van der Waals surface area contributed by atoms with Crippen LogP contribution in [0.15, 0.2) is 60.7 Å². The van der Waals surface area contributed by atoms with Crippen LogP contribution < -0.4 is 21.3 Å². The zero-order valence-electron chi connectivity index (χ0n) is 15.6. The molecule has 6 rings (SSSR count). The molecule has 4 aromatic carbocycles. The first-order valence-corrected chi connectivity index (χ1v) is 9.43. The second kappa shape index (κ2) is 5.57. The van der Waals surface area contributed by atoms with E-state index < -0.39 is 0 Å². The van der Waals surface area contributed by atoms with Gasteiger partial charge in [0, 0.05) is 44.0 Å². The molecule has 0 bridgehead atoms. The summed E-state index contributed by atoms with van der Waals surface area (Å²) in [5.74, 6) is -0.444. The zero-order chi connectivity index (χ0) is 20.6. The predicted octanol–water partition coefficient (Wildman–Crippen LogP) is 4.16. The third-order valence-corrected chi connectivity index (χ3v) is 5.74. The van der Waals surface area contributed by atoms with E-state index in [4.69, 9.17) is 11.1 Å². The quantitative estimate of drug-likeness (QED) is 0.303. The molecule has 0 aliphatic carbocycles. The topological polar surface area (TPSA) is 111 Å². The lowest BCUT2D eigenvalue weighted by Gasteiger charge is -2.26. The summed E-state index contributed by atoms with van der Waals surface area (Å²) in [7, 11) is 0. The third kappa shape index (κ3) is 2.00. The van der Waals surface area contributed by atoms with Crippen LogP contribution in [0.3, 0.4) is 0 Å². The number of anilines is 4. The molecule has 0 atom stereocenters. The molecule has 7 nitrogen and oxygen atoms in total. The smallest absolute Gasteiger partial charge is 0.256 e. The van der Waals surface area contributed by atoms with E-state index in [1.165, 1.54) is 0 Å². The minimum Gasteiger partial charge on any atom is -0.369 e. The highest BCUT2D eigenvalue weighted by Crippen LogP contribution is 2.44. The van der Waals surface area contributed by atoms with Gasteiger partial charge in [-0.15, -0.1) is 0 Å². The normalized spacial score (nSPS) is 13.6. The molecule has 5 N–H and O–H groups in total. The molecule has 0 radical (unpaired) electrons. The summed E-state index contributed by atoms with van der Waals surface area (Å²) < 4.78 is 0. The average molecular weight is 393 g/mol. The molecule has 0 spiro atoms. The number of hydrogen-bond acceptors (Lipinski definition) is 3. The highest BCUT2D eigenvalue weighted by atomic mass is 16.2. The van der Waals surface area contributed by atoms with Crippen LogP contribution >= 0.6 is 0 Å². The van der Waals surface area contributed by atoms with E-state index in [0.717, 1.165) is 32.9 Å². The standard InChI is InChI=1S/C23H15N5O2/c24-23(25)28(17-9-7-15-19-11(17)3-1-5-13(19)21(29)26-15)18-10-8-16-20-12(18)4-2-6-14(20)22(30)27-16/h1-10H,(H3,24,25)(H,26,29)(H,27,30). The molecule has 0 saturated carbocycles. The van der Waals surface area contributed by atoms with E-state index in [9.17, 15) is 9.59 Å². The van der Waals surface area contributed by atoms with Gasteiger partial charge in [0.1, 0.15) is 0 Å². The maximum atomic E-state index is 12.3. The van der Waals surface area contributed by atoms with Gasteiger partial charge in [-0.1, -0.05) is 24.3 Å². The molecular formula is C23H15N5O2. The first-order valence-electron chi connectivity index (χ1n) is 9.43. The van der Waals surface area contributed by atoms with Gasteiger partial charge in [-0.3, -0.25) is 19.9 Å². The zero-order valence-corrected chi connectivity index (χ0v) is 15.6. The first kappa shape index (κ1) is 16.6. The Kier molecular flexibility index (Phi) is 3.08. The summed E-state index contributed by atoms with van der Waals surface area (Å²) in [5, 5.41) is 17.4. The van der Waals surface area contributed by atoms with E-state index in [1.807, 2.05) is 48.5 Å². The van der Waals surface area contributed by atoms with Crippen molar-refractivity contribution in [3.05, 3.63) is 71.8 Å². The van der Waals surface area contributed by atoms with Crippen LogP contribution in [0, 0.1) is 5.41 Å². The number of amides is 2. The van der Waals surface area contributed by atoms with Crippen molar-refractivity contribution in [2.75, 3.05) is 15.5 Å². The summed E-state index contributed by atoms with van der Waals surface area (Å²) in [6.07, 6.45) is 0. The van der Waals surface area contributed by atoms with Gasteiger partial charge in [0.2, 0.25) is 0 Å². The van der Waals surface area contributed by atoms with Gasteiger partial charge in [0.25, 0.3) is 11.8 Å². The van der Waals surface area contributed by atoms with Gasteiger partial charge in [-0.05, 0) is 36.4 Å². The van der Waals surface area contributed by atoms with Crippen LogP contribution in [0.25, 0.3) is 21.5 Å². The van der Waals surface area contributed by atoms with Crippen molar-refractivity contribution >= 4 is 62.1 Å². The van der Waals surface area contributed by atoms with Gasteiger partial charge in [-0.25, -0.2) is 0 Å². The molecule has 2 aliphatic rings. The number of benzene rings is 4. The molecular weight excluding hydrogens is 378 g/mol.